The average Bonchev–Trinajstić information content (AvgIpc) is 2.88. The van der Waals surface area contributed by atoms with Crippen molar-refractivity contribution in [2.45, 2.75) is 13.0 Å². The summed E-state index contributed by atoms with van der Waals surface area (Å²) in [6.45, 7) is 1.33. The van der Waals surface area contributed by atoms with Crippen LogP contribution in [0.5, 0.6) is 0 Å². The zero-order chi connectivity index (χ0) is 13.0. The molecule has 1 N–H and O–H groups in total. The molecule has 1 atom stereocenters. The van der Waals surface area contributed by atoms with Gasteiger partial charge in [0, 0.05) is 0 Å². The summed E-state index contributed by atoms with van der Waals surface area (Å²) in [4.78, 5) is 15.6. The van der Waals surface area contributed by atoms with E-state index in [0.29, 0.717) is 5.69 Å². The van der Waals surface area contributed by atoms with Crippen LogP contribution in [0.15, 0.2) is 42.9 Å². The number of imidazole rings is 1. The van der Waals surface area contributed by atoms with E-state index in [4.69, 9.17) is 5.11 Å². The van der Waals surface area contributed by atoms with Gasteiger partial charge in [0.05, 0.1) is 18.6 Å². The standard InChI is InChI=1S/C13H14N2O3/c1-10(11-5-3-2-4-6-11)15-8-14-7-12(15)13(17)18-9-16/h2-8,10,16H,9H2,1H3/t10-/m1/s1. The Balaban J connectivity index is 2.29. The summed E-state index contributed by atoms with van der Waals surface area (Å²) in [6.07, 6.45) is 3.00. The highest BCUT2D eigenvalue weighted by molar-refractivity contribution is 5.87. The van der Waals surface area contributed by atoms with Crippen molar-refractivity contribution in [3.8, 4) is 0 Å². The number of benzene rings is 1. The first-order chi connectivity index (χ1) is 8.74. The highest BCUT2D eigenvalue weighted by atomic mass is 16.6. The van der Waals surface area contributed by atoms with E-state index in [0.717, 1.165) is 5.56 Å². The van der Waals surface area contributed by atoms with Gasteiger partial charge in [-0.25, -0.2) is 9.78 Å². The number of hydrogen-bond acceptors (Lipinski definition) is 4. The van der Waals surface area contributed by atoms with Crippen molar-refractivity contribution in [3.05, 3.63) is 54.1 Å². The van der Waals surface area contributed by atoms with Crippen LogP contribution in [0.2, 0.25) is 0 Å². The van der Waals surface area contributed by atoms with E-state index < -0.39 is 12.8 Å². The Kier molecular flexibility index (Phi) is 3.74. The molecule has 0 aliphatic rings. The lowest BCUT2D eigenvalue weighted by Gasteiger charge is -2.16. The number of aliphatic hydroxyl groups is 1. The number of rotatable bonds is 4. The first-order valence-electron chi connectivity index (χ1n) is 5.58. The van der Waals surface area contributed by atoms with E-state index >= 15 is 0 Å². The molecule has 18 heavy (non-hydrogen) atoms. The Labute approximate surface area is 105 Å². The van der Waals surface area contributed by atoms with Crippen molar-refractivity contribution in [1.82, 2.24) is 9.55 Å². The molecule has 5 heteroatoms. The van der Waals surface area contributed by atoms with Gasteiger partial charge in [0.25, 0.3) is 0 Å². The molecule has 5 nitrogen and oxygen atoms in total. The molecule has 0 aliphatic heterocycles. The minimum Gasteiger partial charge on any atom is -0.434 e. The third kappa shape index (κ3) is 2.41. The van der Waals surface area contributed by atoms with Crippen LogP contribution in [-0.4, -0.2) is 27.4 Å². The van der Waals surface area contributed by atoms with Gasteiger partial charge in [-0.1, -0.05) is 30.3 Å². The van der Waals surface area contributed by atoms with Gasteiger partial charge < -0.3 is 14.4 Å². The molecular formula is C13H14N2O3. The number of carbonyl (C=O) groups is 1. The van der Waals surface area contributed by atoms with Gasteiger partial charge in [0.2, 0.25) is 0 Å². The van der Waals surface area contributed by atoms with E-state index in [1.165, 1.54) is 6.20 Å². The van der Waals surface area contributed by atoms with Gasteiger partial charge in [0.1, 0.15) is 5.69 Å². The number of nitrogens with zero attached hydrogens (tertiary/aromatic N) is 2. The molecule has 1 aromatic heterocycles. The van der Waals surface area contributed by atoms with Crippen LogP contribution in [0, 0.1) is 0 Å². The first-order valence-corrected chi connectivity index (χ1v) is 5.58. The van der Waals surface area contributed by atoms with Crippen LogP contribution in [0.3, 0.4) is 0 Å². The first kappa shape index (κ1) is 12.3. The van der Waals surface area contributed by atoms with Gasteiger partial charge >= 0.3 is 5.97 Å². The van der Waals surface area contributed by atoms with Crippen LogP contribution in [0.4, 0.5) is 0 Å². The Bertz CT molecular complexity index is 522. The molecule has 0 aliphatic carbocycles. The molecule has 0 spiro atoms. The number of carbonyl (C=O) groups excluding carboxylic acids is 1. The topological polar surface area (TPSA) is 64.4 Å². The van der Waals surface area contributed by atoms with Crippen LogP contribution < -0.4 is 0 Å². The zero-order valence-electron chi connectivity index (χ0n) is 9.98. The van der Waals surface area contributed by atoms with Gasteiger partial charge in [-0.05, 0) is 12.5 Å². The predicted molar refractivity (Wildman–Crippen MR) is 65.0 cm³/mol. The van der Waals surface area contributed by atoms with Crippen molar-refractivity contribution in [3.63, 3.8) is 0 Å². The number of aromatic nitrogens is 2. The second-order valence-corrected chi connectivity index (χ2v) is 3.83. The molecule has 0 bridgehead atoms. The molecule has 94 valence electrons. The lowest BCUT2D eigenvalue weighted by Crippen LogP contribution is -2.15. The van der Waals surface area contributed by atoms with Crippen LogP contribution in [0.1, 0.15) is 29.0 Å². The maximum atomic E-state index is 11.6. The normalized spacial score (nSPS) is 12.1. The Morgan fingerprint density at radius 1 is 1.44 bits per heavy atom. The second-order valence-electron chi connectivity index (χ2n) is 3.83. The smallest absolute Gasteiger partial charge is 0.358 e. The van der Waals surface area contributed by atoms with Crippen LogP contribution >= 0.6 is 0 Å². The van der Waals surface area contributed by atoms with Crippen molar-refractivity contribution in [2.24, 2.45) is 0 Å². The molecule has 0 radical (unpaired) electrons. The van der Waals surface area contributed by atoms with Crippen LogP contribution in [-0.2, 0) is 4.74 Å². The maximum Gasteiger partial charge on any atom is 0.358 e. The summed E-state index contributed by atoms with van der Waals surface area (Å²) in [5, 5.41) is 8.61. The van der Waals surface area contributed by atoms with Gasteiger partial charge in [-0.2, -0.15) is 0 Å². The van der Waals surface area contributed by atoms with E-state index in [-0.39, 0.29) is 6.04 Å². The quantitative estimate of drug-likeness (QED) is 0.657. The molecule has 0 amide bonds. The van der Waals surface area contributed by atoms with Crippen molar-refractivity contribution in [2.75, 3.05) is 6.79 Å². The third-order valence-electron chi connectivity index (χ3n) is 2.77. The molecule has 0 saturated carbocycles. The Morgan fingerprint density at radius 3 is 2.83 bits per heavy atom. The Morgan fingerprint density at radius 2 is 2.17 bits per heavy atom. The van der Waals surface area contributed by atoms with E-state index in [1.807, 2.05) is 37.3 Å². The van der Waals surface area contributed by atoms with Gasteiger partial charge in [0.15, 0.2) is 6.79 Å². The SMILES string of the molecule is C[C@H](c1ccccc1)n1cncc1C(=O)OCO. The molecular weight excluding hydrogens is 232 g/mol. The highest BCUT2D eigenvalue weighted by Crippen LogP contribution is 2.19. The summed E-state index contributed by atoms with van der Waals surface area (Å²) in [6, 6.07) is 9.74. The van der Waals surface area contributed by atoms with Crippen LogP contribution in [0.25, 0.3) is 0 Å². The molecule has 0 saturated heterocycles. The number of ether oxygens (including phenoxy) is 1. The monoisotopic (exact) mass is 246 g/mol. The predicted octanol–water partition coefficient (Wildman–Crippen LogP) is 1.60. The fourth-order valence-electron chi connectivity index (χ4n) is 1.80. The molecule has 0 fully saturated rings. The second kappa shape index (κ2) is 5.46. The number of hydrogen-bond donors (Lipinski definition) is 1. The molecule has 1 aromatic carbocycles. The largest absolute Gasteiger partial charge is 0.434 e. The summed E-state index contributed by atoms with van der Waals surface area (Å²) in [5.74, 6) is -0.585. The minimum atomic E-state index is -0.635. The van der Waals surface area contributed by atoms with Crippen molar-refractivity contribution >= 4 is 5.97 Å². The summed E-state index contributed by atoms with van der Waals surface area (Å²) in [7, 11) is 0. The summed E-state index contributed by atoms with van der Waals surface area (Å²) >= 11 is 0. The molecule has 0 unspecified atom stereocenters. The highest BCUT2D eigenvalue weighted by Gasteiger charge is 2.17. The van der Waals surface area contributed by atoms with Gasteiger partial charge in [-0.15, -0.1) is 0 Å². The average molecular weight is 246 g/mol. The number of esters is 1. The minimum absolute atomic E-state index is 0.0325. The summed E-state index contributed by atoms with van der Waals surface area (Å²) < 4.78 is 6.28. The lowest BCUT2D eigenvalue weighted by atomic mass is 10.1. The molecule has 1 heterocycles. The fraction of sp³-hybridized carbons (Fsp3) is 0.231. The van der Waals surface area contributed by atoms with E-state index in [9.17, 15) is 4.79 Å². The zero-order valence-corrected chi connectivity index (χ0v) is 9.98. The Hall–Kier alpha value is -2.14. The number of aliphatic hydroxyl groups excluding tert-OH is 1. The van der Waals surface area contributed by atoms with Crippen molar-refractivity contribution < 1.29 is 14.6 Å². The molecule has 2 rings (SSSR count). The lowest BCUT2D eigenvalue weighted by molar-refractivity contribution is 0.00569. The third-order valence-corrected chi connectivity index (χ3v) is 2.77. The van der Waals surface area contributed by atoms with Crippen molar-refractivity contribution in [1.29, 1.82) is 0 Å². The van der Waals surface area contributed by atoms with E-state index in [1.54, 1.807) is 10.9 Å². The molecule has 2 aromatic rings. The fourth-order valence-corrected chi connectivity index (χ4v) is 1.80. The van der Waals surface area contributed by atoms with E-state index in [2.05, 4.69) is 9.72 Å². The summed E-state index contributed by atoms with van der Waals surface area (Å²) in [5.41, 5.74) is 1.38. The van der Waals surface area contributed by atoms with Gasteiger partial charge in [-0.3, -0.25) is 0 Å². The maximum absolute atomic E-state index is 11.6.